The van der Waals surface area contributed by atoms with E-state index in [0.717, 1.165) is 12.1 Å². The van der Waals surface area contributed by atoms with E-state index < -0.39 is 40.2 Å². The van der Waals surface area contributed by atoms with Gasteiger partial charge in [-0.25, -0.2) is 22.6 Å². The van der Waals surface area contributed by atoms with Crippen molar-refractivity contribution in [3.63, 3.8) is 0 Å². The van der Waals surface area contributed by atoms with Crippen LogP contribution in [-0.4, -0.2) is 87.1 Å². The van der Waals surface area contributed by atoms with Gasteiger partial charge in [0.15, 0.2) is 0 Å². The standard InChI is InChI=1S/C31H35F3N4O7S/c1-19-11-27(28(35-16-19)43-10-9-39)46(41,42)38-18-23-17-36(30(40)45-31(2,3)4)7-8-37(23)25-6-5-20(14-26(25)38)21-12-22(32)15-24(13-21)44-29(33)34/h5-6,11-16,23,29,39H,7-10,17-18H2,1-4H3/t23-/m0/s1. The molecular weight excluding hydrogens is 629 g/mol. The molecule has 0 saturated carbocycles. The van der Waals surface area contributed by atoms with Crippen LogP contribution in [0.3, 0.4) is 0 Å². The highest BCUT2D eigenvalue weighted by atomic mass is 32.2. The normalized spacial score (nSPS) is 16.6. The summed E-state index contributed by atoms with van der Waals surface area (Å²) in [7, 11) is -4.40. The number of anilines is 2. The minimum absolute atomic E-state index is 0.0889. The second kappa shape index (κ2) is 12.9. The van der Waals surface area contributed by atoms with Gasteiger partial charge in [-0.3, -0.25) is 4.31 Å². The summed E-state index contributed by atoms with van der Waals surface area (Å²) >= 11 is 0. The first-order valence-corrected chi connectivity index (χ1v) is 16.0. The Balaban J connectivity index is 1.61. The van der Waals surface area contributed by atoms with Crippen LogP contribution in [0.5, 0.6) is 11.6 Å². The molecule has 0 aliphatic carbocycles. The van der Waals surface area contributed by atoms with Crippen LogP contribution in [0.15, 0.2) is 53.6 Å². The summed E-state index contributed by atoms with van der Waals surface area (Å²) in [6.07, 6.45) is 0.927. The lowest BCUT2D eigenvalue weighted by Crippen LogP contribution is -2.61. The first kappa shape index (κ1) is 33.1. The van der Waals surface area contributed by atoms with Crippen molar-refractivity contribution >= 4 is 27.5 Å². The van der Waals surface area contributed by atoms with Crippen molar-refractivity contribution in [2.75, 3.05) is 48.6 Å². The smallest absolute Gasteiger partial charge is 0.410 e. The molecule has 3 heterocycles. The third-order valence-corrected chi connectivity index (χ3v) is 9.12. The van der Waals surface area contributed by atoms with E-state index in [9.17, 15) is 31.5 Å². The highest BCUT2D eigenvalue weighted by Crippen LogP contribution is 2.43. The van der Waals surface area contributed by atoms with Crippen LogP contribution < -0.4 is 18.7 Å². The Kier molecular flexibility index (Phi) is 9.27. The molecule has 11 nitrogen and oxygen atoms in total. The van der Waals surface area contributed by atoms with Crippen LogP contribution in [0.25, 0.3) is 11.1 Å². The molecule has 0 unspecified atom stereocenters. The number of benzene rings is 2. The summed E-state index contributed by atoms with van der Waals surface area (Å²) in [5.74, 6) is -1.40. The van der Waals surface area contributed by atoms with Gasteiger partial charge in [-0.15, -0.1) is 0 Å². The number of nitrogens with zero attached hydrogens (tertiary/aromatic N) is 4. The maximum absolute atomic E-state index is 14.5. The first-order chi connectivity index (χ1) is 21.7. The number of halogens is 3. The van der Waals surface area contributed by atoms with E-state index in [1.807, 2.05) is 4.90 Å². The third-order valence-electron chi connectivity index (χ3n) is 7.35. The van der Waals surface area contributed by atoms with Gasteiger partial charge in [0.25, 0.3) is 10.0 Å². The quantitative estimate of drug-likeness (QED) is 0.362. The Morgan fingerprint density at radius 2 is 1.83 bits per heavy atom. The molecule has 248 valence electrons. The lowest BCUT2D eigenvalue weighted by Gasteiger charge is -2.49. The molecule has 0 radical (unpaired) electrons. The number of aliphatic hydroxyl groups excluding tert-OH is 1. The number of sulfonamides is 1. The van der Waals surface area contributed by atoms with Crippen molar-refractivity contribution in [2.24, 2.45) is 0 Å². The number of rotatable bonds is 8. The maximum Gasteiger partial charge on any atom is 0.410 e. The highest BCUT2D eigenvalue weighted by molar-refractivity contribution is 7.93. The third kappa shape index (κ3) is 7.09. The number of piperazine rings is 1. The van der Waals surface area contributed by atoms with Gasteiger partial charge in [0.2, 0.25) is 5.88 Å². The minimum Gasteiger partial charge on any atom is -0.474 e. The van der Waals surface area contributed by atoms with Crippen molar-refractivity contribution in [3.05, 3.63) is 60.0 Å². The number of fused-ring (bicyclic) bond motifs is 3. The van der Waals surface area contributed by atoms with E-state index in [1.54, 1.807) is 45.9 Å². The number of carbonyl (C=O) groups excluding carboxylic acids is 1. The van der Waals surface area contributed by atoms with Gasteiger partial charge < -0.3 is 29.1 Å². The van der Waals surface area contributed by atoms with E-state index in [2.05, 4.69) is 9.72 Å². The van der Waals surface area contributed by atoms with Gasteiger partial charge in [-0.2, -0.15) is 8.78 Å². The highest BCUT2D eigenvalue weighted by Gasteiger charge is 2.42. The lowest BCUT2D eigenvalue weighted by molar-refractivity contribution is -0.0499. The number of alkyl halides is 2. The zero-order valence-corrected chi connectivity index (χ0v) is 26.6. The van der Waals surface area contributed by atoms with E-state index in [4.69, 9.17) is 9.47 Å². The molecule has 2 aromatic carbocycles. The number of ether oxygens (including phenoxy) is 3. The number of hydrogen-bond donors (Lipinski definition) is 1. The summed E-state index contributed by atoms with van der Waals surface area (Å²) in [4.78, 5) is 20.4. The number of amides is 1. The molecule has 0 bridgehead atoms. The van der Waals surface area contributed by atoms with Crippen molar-refractivity contribution in [1.82, 2.24) is 9.88 Å². The van der Waals surface area contributed by atoms with Crippen molar-refractivity contribution in [3.8, 4) is 22.8 Å². The lowest BCUT2D eigenvalue weighted by atomic mass is 10.00. The van der Waals surface area contributed by atoms with E-state index >= 15 is 0 Å². The number of aryl methyl sites for hydroxylation is 1. The molecule has 1 aromatic heterocycles. The van der Waals surface area contributed by atoms with E-state index in [-0.39, 0.29) is 54.1 Å². The van der Waals surface area contributed by atoms with Crippen LogP contribution in [0.2, 0.25) is 0 Å². The summed E-state index contributed by atoms with van der Waals surface area (Å²) in [6.45, 7) is 4.00. The molecule has 1 amide bonds. The number of aromatic nitrogens is 1. The number of aliphatic hydroxyl groups is 1. The Morgan fingerprint density at radius 3 is 2.52 bits per heavy atom. The molecule has 5 rings (SSSR count). The fourth-order valence-electron chi connectivity index (χ4n) is 5.47. The van der Waals surface area contributed by atoms with E-state index in [0.29, 0.717) is 29.9 Å². The van der Waals surface area contributed by atoms with Gasteiger partial charge in [-0.05, 0) is 74.7 Å². The van der Waals surface area contributed by atoms with Gasteiger partial charge >= 0.3 is 12.7 Å². The van der Waals surface area contributed by atoms with Crippen molar-refractivity contribution in [2.45, 2.75) is 50.8 Å². The predicted molar refractivity (Wildman–Crippen MR) is 163 cm³/mol. The number of hydrogen-bond acceptors (Lipinski definition) is 9. The molecule has 1 fully saturated rings. The van der Waals surface area contributed by atoms with Crippen LogP contribution in [0, 0.1) is 12.7 Å². The van der Waals surface area contributed by atoms with Gasteiger partial charge in [0.1, 0.15) is 28.7 Å². The molecule has 46 heavy (non-hydrogen) atoms. The summed E-state index contributed by atoms with van der Waals surface area (Å²) in [5.41, 5.74) is 1.14. The Morgan fingerprint density at radius 1 is 1.07 bits per heavy atom. The van der Waals surface area contributed by atoms with Crippen molar-refractivity contribution in [1.29, 1.82) is 0 Å². The maximum atomic E-state index is 14.5. The van der Waals surface area contributed by atoms with Gasteiger partial charge in [0.05, 0.1) is 30.6 Å². The molecule has 15 heteroatoms. The van der Waals surface area contributed by atoms with E-state index in [1.165, 1.54) is 27.5 Å². The van der Waals surface area contributed by atoms with Gasteiger partial charge in [-0.1, -0.05) is 6.07 Å². The SMILES string of the molecule is Cc1cnc(OCCO)c(S(=O)(=O)N2C[C@@H]3CN(C(=O)OC(C)(C)C)CCN3c3ccc(-c4cc(F)cc(OC(F)F)c4)cc32)c1. The number of pyridine rings is 1. The second-order valence-corrected chi connectivity index (χ2v) is 13.8. The molecule has 0 spiro atoms. The molecule has 1 atom stereocenters. The van der Waals surface area contributed by atoms with Crippen molar-refractivity contribution < 1.29 is 45.7 Å². The predicted octanol–water partition coefficient (Wildman–Crippen LogP) is 4.80. The Labute approximate surface area is 265 Å². The first-order valence-electron chi connectivity index (χ1n) is 14.5. The molecule has 2 aliphatic heterocycles. The molecule has 2 aliphatic rings. The minimum atomic E-state index is -4.40. The summed E-state index contributed by atoms with van der Waals surface area (Å²) < 4.78 is 86.0. The monoisotopic (exact) mass is 664 g/mol. The fraction of sp³-hybridized carbons (Fsp3) is 0.419. The van der Waals surface area contributed by atoms with Crippen LogP contribution in [-0.2, 0) is 14.8 Å². The zero-order valence-electron chi connectivity index (χ0n) is 25.7. The van der Waals surface area contributed by atoms with Crippen LogP contribution >= 0.6 is 0 Å². The largest absolute Gasteiger partial charge is 0.474 e. The second-order valence-electron chi connectivity index (χ2n) is 12.0. The Hall–Kier alpha value is -4.24. The topological polar surface area (TPSA) is 122 Å². The average molecular weight is 665 g/mol. The summed E-state index contributed by atoms with van der Waals surface area (Å²) in [5, 5.41) is 9.31. The molecule has 3 aromatic rings. The molecule has 1 N–H and O–H groups in total. The molecular formula is C31H35F3N4O7S. The zero-order chi connectivity index (χ0) is 33.4. The number of carbonyl (C=O) groups is 1. The fourth-order valence-corrected chi connectivity index (χ4v) is 7.15. The Bertz CT molecular complexity index is 1720. The van der Waals surface area contributed by atoms with Gasteiger partial charge in [0, 0.05) is 31.9 Å². The molecule has 1 saturated heterocycles. The summed E-state index contributed by atoms with van der Waals surface area (Å²) in [6, 6.07) is 9.01. The van der Waals surface area contributed by atoms with Crippen LogP contribution in [0.4, 0.5) is 29.3 Å². The van der Waals surface area contributed by atoms with Crippen LogP contribution in [0.1, 0.15) is 26.3 Å². The average Bonchev–Trinajstić information content (AvgIpc) is 2.97.